The largest absolute Gasteiger partial charge is 0.453 e. The van der Waals surface area contributed by atoms with Crippen molar-refractivity contribution in [1.29, 1.82) is 0 Å². The monoisotopic (exact) mass is 1550 g/mol. The van der Waals surface area contributed by atoms with Crippen LogP contribution in [-0.4, -0.2) is 0 Å². The molecular weight excluding hydrogens is 1480 g/mol. The molecular formula is C112H74N4OS2. The Kier molecular flexibility index (Phi) is 17.9. The fraction of sp³-hybridized carbons (Fsp3) is 0. The number of anilines is 12. The maximum atomic E-state index is 7.03. The summed E-state index contributed by atoms with van der Waals surface area (Å²) in [6, 6.07) is 161. The molecule has 119 heavy (non-hydrogen) atoms. The molecule has 0 saturated heterocycles. The van der Waals surface area contributed by atoms with Gasteiger partial charge in [0, 0.05) is 130 Å². The molecule has 0 amide bonds. The van der Waals surface area contributed by atoms with Crippen molar-refractivity contribution in [2.75, 3.05) is 19.6 Å². The predicted octanol–water partition coefficient (Wildman–Crippen LogP) is 33.5. The van der Waals surface area contributed by atoms with Crippen LogP contribution in [0.2, 0.25) is 0 Å². The first-order valence-corrected chi connectivity index (χ1v) is 42.1. The zero-order chi connectivity index (χ0) is 78.7. The molecule has 0 fully saturated rings. The van der Waals surface area contributed by atoms with Gasteiger partial charge in [0.2, 0.25) is 0 Å². The number of furan rings is 1. The highest BCUT2D eigenvalue weighted by Gasteiger charge is 2.25. The number of hydrogen-bond donors (Lipinski definition) is 0. The van der Waals surface area contributed by atoms with Gasteiger partial charge >= 0.3 is 0 Å². The molecule has 560 valence electrons. The predicted molar refractivity (Wildman–Crippen MR) is 511 cm³/mol. The van der Waals surface area contributed by atoms with Crippen LogP contribution in [-0.2, 0) is 0 Å². The average Bonchev–Trinajstić information content (AvgIpc) is 1.60. The zero-order valence-corrected chi connectivity index (χ0v) is 66.4. The Balaban J connectivity index is 0.000000143. The van der Waals surface area contributed by atoms with Gasteiger partial charge in [-0.15, -0.1) is 22.7 Å². The first-order valence-electron chi connectivity index (χ1n) is 40.4. The van der Waals surface area contributed by atoms with E-state index < -0.39 is 0 Å². The van der Waals surface area contributed by atoms with E-state index >= 15 is 0 Å². The number of rotatable bonds is 15. The molecule has 23 aromatic rings. The van der Waals surface area contributed by atoms with E-state index in [0.29, 0.717) is 0 Å². The lowest BCUT2D eigenvalue weighted by Gasteiger charge is -2.26. The first kappa shape index (κ1) is 70.5. The van der Waals surface area contributed by atoms with Gasteiger partial charge < -0.3 is 24.0 Å². The number of fused-ring (bicyclic) bond motifs is 19. The highest BCUT2D eigenvalue weighted by molar-refractivity contribution is 7.27. The van der Waals surface area contributed by atoms with Crippen molar-refractivity contribution in [3.63, 3.8) is 0 Å². The molecule has 0 atom stereocenters. The molecule has 23 rings (SSSR count). The Morgan fingerprint density at radius 2 is 0.462 bits per heavy atom. The van der Waals surface area contributed by atoms with E-state index in [2.05, 4.69) is 469 Å². The molecule has 0 spiro atoms. The number of para-hydroxylation sites is 10. The van der Waals surface area contributed by atoms with E-state index in [1.54, 1.807) is 0 Å². The molecule has 0 aliphatic heterocycles. The summed E-state index contributed by atoms with van der Waals surface area (Å²) < 4.78 is 12.2. The van der Waals surface area contributed by atoms with Gasteiger partial charge in [-0.25, -0.2) is 0 Å². The van der Waals surface area contributed by atoms with Gasteiger partial charge in [-0.3, -0.25) is 0 Å². The Bertz CT molecular complexity index is 7540. The average molecular weight is 1560 g/mol. The molecule has 0 aliphatic rings. The highest BCUT2D eigenvalue weighted by atomic mass is 32.1. The number of benzene rings is 20. The second-order valence-electron chi connectivity index (χ2n) is 30.2. The van der Waals surface area contributed by atoms with Crippen molar-refractivity contribution >= 4 is 196 Å². The third-order valence-corrected chi connectivity index (χ3v) is 25.6. The lowest BCUT2D eigenvalue weighted by Crippen LogP contribution is -2.09. The summed E-state index contributed by atoms with van der Waals surface area (Å²) in [5.41, 5.74) is 22.2. The highest BCUT2D eigenvalue weighted by Crippen LogP contribution is 2.51. The third-order valence-electron chi connectivity index (χ3n) is 23.2. The summed E-state index contributed by atoms with van der Waals surface area (Å²) in [4.78, 5) is 9.24. The third kappa shape index (κ3) is 12.7. The maximum Gasteiger partial charge on any atom is 0.159 e. The normalized spacial score (nSPS) is 11.5. The van der Waals surface area contributed by atoms with E-state index in [0.717, 1.165) is 101 Å². The van der Waals surface area contributed by atoms with E-state index in [9.17, 15) is 0 Å². The van der Waals surface area contributed by atoms with E-state index in [4.69, 9.17) is 4.42 Å². The van der Waals surface area contributed by atoms with E-state index in [1.807, 2.05) is 22.7 Å². The van der Waals surface area contributed by atoms with Crippen molar-refractivity contribution in [1.82, 2.24) is 0 Å². The minimum absolute atomic E-state index is 0.867. The Hall–Kier alpha value is -15.1. The minimum Gasteiger partial charge on any atom is -0.453 e. The molecule has 0 unspecified atom stereocenters. The molecule has 5 nitrogen and oxygen atoms in total. The van der Waals surface area contributed by atoms with Gasteiger partial charge in [0.15, 0.2) is 5.58 Å². The van der Waals surface area contributed by atoms with Gasteiger partial charge in [0.1, 0.15) is 5.58 Å². The topological polar surface area (TPSA) is 26.1 Å². The number of hydrogen-bond acceptors (Lipinski definition) is 7. The molecule has 0 N–H and O–H groups in total. The van der Waals surface area contributed by atoms with Crippen molar-refractivity contribution in [2.24, 2.45) is 0 Å². The lowest BCUT2D eigenvalue weighted by atomic mass is 9.94. The molecule has 0 saturated carbocycles. The van der Waals surface area contributed by atoms with Crippen LogP contribution < -0.4 is 19.6 Å². The Labute approximate surface area is 697 Å². The van der Waals surface area contributed by atoms with Crippen LogP contribution in [0.3, 0.4) is 0 Å². The van der Waals surface area contributed by atoms with Gasteiger partial charge in [-0.1, -0.05) is 291 Å². The van der Waals surface area contributed by atoms with Crippen LogP contribution in [0.25, 0.3) is 139 Å². The van der Waals surface area contributed by atoms with Gasteiger partial charge in [-0.05, 0) is 218 Å². The fourth-order valence-electron chi connectivity index (χ4n) is 17.8. The van der Waals surface area contributed by atoms with Gasteiger partial charge in [0.25, 0.3) is 0 Å². The zero-order valence-electron chi connectivity index (χ0n) is 64.7. The van der Waals surface area contributed by atoms with Crippen LogP contribution in [0, 0.1) is 0 Å². The molecule has 0 radical (unpaired) electrons. The van der Waals surface area contributed by atoms with Crippen LogP contribution in [0.15, 0.2) is 453 Å². The van der Waals surface area contributed by atoms with Crippen LogP contribution in [0.1, 0.15) is 0 Å². The van der Waals surface area contributed by atoms with Crippen molar-refractivity contribution < 1.29 is 4.42 Å². The molecule has 3 aromatic heterocycles. The van der Waals surface area contributed by atoms with Gasteiger partial charge in [-0.2, -0.15) is 0 Å². The molecule has 0 bridgehead atoms. The molecule has 20 aromatic carbocycles. The second-order valence-corrected chi connectivity index (χ2v) is 32.3. The standard InChI is InChI=1S/C56H36N2OS.C56H38N2S/c1-5-17-38(18-6-1)57(39-19-7-2-8-20-39)42-32-34-48-50(36-42)44-25-13-14-26-45(44)53-49-33-31-37(35-52(49)60-56(48)53)43-27-15-28-46-47-29-16-30-51(55(47)59-54(43)46)58(40-21-9-3-10-22-40)41-23-11-4-12-24-41;1-5-15-43(16-6-1)57(44-17-7-2-8-18-44)47-31-25-39(26-32-47)41-29-35-51-53(37-41)49-23-13-14-24-50(49)55-52-36-30-42(38-54(52)59-56(51)55)40-27-33-48(34-28-40)58(45-19-9-3-10-20-45)46-21-11-4-12-22-46/h1-36H;1-38H. The summed E-state index contributed by atoms with van der Waals surface area (Å²) in [5.74, 6) is 0. The van der Waals surface area contributed by atoms with Crippen LogP contribution >= 0.6 is 22.7 Å². The molecule has 7 heteroatoms. The summed E-state index contributed by atoms with van der Waals surface area (Å²) in [7, 11) is 0. The van der Waals surface area contributed by atoms with Crippen LogP contribution in [0.4, 0.5) is 68.2 Å². The number of nitrogens with zero attached hydrogens (tertiary/aromatic N) is 4. The van der Waals surface area contributed by atoms with E-state index in [1.165, 1.54) is 106 Å². The lowest BCUT2D eigenvalue weighted by molar-refractivity contribution is 0.670. The van der Waals surface area contributed by atoms with Crippen molar-refractivity contribution in [3.8, 4) is 33.4 Å². The van der Waals surface area contributed by atoms with E-state index in [-0.39, 0.29) is 0 Å². The SMILES string of the molecule is c1ccc(N(c2ccccc2)c2ccc(-c3ccc4c(c3)sc3c5ccc(-c6ccc(N(c7ccccc7)c7ccccc7)cc6)cc5c5ccccc5c43)cc2)cc1.c1ccc(N(c2ccccc2)c2ccc3c(c2)c2ccccc2c2c4ccc(-c5cccc6c5oc5c(N(c7ccccc7)c7ccccc7)cccc56)cc4sc32)cc1. The summed E-state index contributed by atoms with van der Waals surface area (Å²) in [6.45, 7) is 0. The van der Waals surface area contributed by atoms with Gasteiger partial charge in [0.05, 0.1) is 5.69 Å². The first-order chi connectivity index (χ1) is 59.0. The summed E-state index contributed by atoms with van der Waals surface area (Å²) >= 11 is 3.79. The van der Waals surface area contributed by atoms with Crippen LogP contribution in [0.5, 0.6) is 0 Å². The quantitative estimate of drug-likeness (QED) is 0.0953. The minimum atomic E-state index is 0.867. The Morgan fingerprint density at radius 3 is 0.891 bits per heavy atom. The van der Waals surface area contributed by atoms with Crippen molar-refractivity contribution in [2.45, 2.75) is 0 Å². The summed E-state index contributed by atoms with van der Waals surface area (Å²) in [5, 5.41) is 17.7. The van der Waals surface area contributed by atoms with Crippen molar-refractivity contribution in [3.05, 3.63) is 449 Å². The fourth-order valence-corrected chi connectivity index (χ4v) is 20.4. The molecule has 3 heterocycles. The Morgan fingerprint density at radius 1 is 0.168 bits per heavy atom. The molecule has 0 aliphatic carbocycles. The maximum absolute atomic E-state index is 7.03. The smallest absolute Gasteiger partial charge is 0.159 e. The summed E-state index contributed by atoms with van der Waals surface area (Å²) in [6.07, 6.45) is 0. The number of thiophene rings is 2. The second kappa shape index (κ2) is 30.3.